The number of imide groups is 1. The number of nitrogens with zero attached hydrogens (tertiary/aromatic N) is 3. The lowest BCUT2D eigenvalue weighted by Gasteiger charge is -2.12. The molecule has 8 heteroatoms. The molecule has 1 aliphatic rings. The van der Waals surface area contributed by atoms with E-state index in [1.165, 1.54) is 12.3 Å². The van der Waals surface area contributed by atoms with Crippen molar-refractivity contribution in [2.75, 3.05) is 24.2 Å². The summed E-state index contributed by atoms with van der Waals surface area (Å²) in [5.41, 5.74) is 7.87. The van der Waals surface area contributed by atoms with Crippen LogP contribution in [0.5, 0.6) is 0 Å². The van der Waals surface area contributed by atoms with Crippen molar-refractivity contribution in [1.29, 1.82) is 0 Å². The lowest BCUT2D eigenvalue weighted by molar-refractivity contribution is -0.137. The quantitative estimate of drug-likeness (QED) is 0.533. The lowest BCUT2D eigenvalue weighted by atomic mass is 10.3. The summed E-state index contributed by atoms with van der Waals surface area (Å²) in [6, 6.07) is 7.25. The van der Waals surface area contributed by atoms with Crippen LogP contribution in [0.3, 0.4) is 0 Å². The van der Waals surface area contributed by atoms with Crippen LogP contribution in [-0.2, 0) is 9.59 Å². The van der Waals surface area contributed by atoms with Gasteiger partial charge in [-0.3, -0.25) is 14.5 Å². The van der Waals surface area contributed by atoms with E-state index in [2.05, 4.69) is 10.4 Å². The first-order chi connectivity index (χ1) is 11.1. The molecule has 0 aliphatic carbocycles. The van der Waals surface area contributed by atoms with Crippen LogP contribution in [-0.4, -0.2) is 44.8 Å². The summed E-state index contributed by atoms with van der Waals surface area (Å²) in [5, 5.41) is 15.9. The van der Waals surface area contributed by atoms with Crippen molar-refractivity contribution < 1.29 is 14.7 Å². The third-order valence-electron chi connectivity index (χ3n) is 3.38. The smallest absolute Gasteiger partial charge is 0.277 e. The van der Waals surface area contributed by atoms with Crippen LogP contribution in [0.25, 0.3) is 5.69 Å². The average molecular weight is 313 g/mol. The standard InChI is InChI=1S/C15H15N5O3/c16-11-3-1-2-4-13(11)20-9-10(8-17-20)18-12-7-14(22)19(5-6-21)15(12)23/h1-4,7-9,18,21H,5-6,16H2. The number of hydrogen-bond acceptors (Lipinski definition) is 6. The number of benzene rings is 1. The molecule has 2 aromatic rings. The van der Waals surface area contributed by atoms with E-state index in [4.69, 9.17) is 10.8 Å². The van der Waals surface area contributed by atoms with E-state index >= 15 is 0 Å². The van der Waals surface area contributed by atoms with Gasteiger partial charge in [-0.1, -0.05) is 12.1 Å². The molecular weight excluding hydrogens is 298 g/mol. The van der Waals surface area contributed by atoms with Gasteiger partial charge >= 0.3 is 0 Å². The summed E-state index contributed by atoms with van der Waals surface area (Å²) in [6.45, 7) is -0.303. The number of carbonyl (C=O) groups excluding carboxylic acids is 2. The van der Waals surface area contributed by atoms with E-state index in [-0.39, 0.29) is 18.8 Å². The molecule has 0 atom stereocenters. The third kappa shape index (κ3) is 2.79. The first-order valence-corrected chi connectivity index (χ1v) is 6.95. The van der Waals surface area contributed by atoms with Crippen LogP contribution in [0.1, 0.15) is 0 Å². The highest BCUT2D eigenvalue weighted by Crippen LogP contribution is 2.20. The van der Waals surface area contributed by atoms with Crippen LogP contribution in [0.15, 0.2) is 48.4 Å². The minimum Gasteiger partial charge on any atom is -0.397 e. The Balaban J connectivity index is 1.78. The molecule has 0 fully saturated rings. The summed E-state index contributed by atoms with van der Waals surface area (Å²) >= 11 is 0. The second kappa shape index (κ2) is 5.93. The fourth-order valence-corrected chi connectivity index (χ4v) is 2.28. The van der Waals surface area contributed by atoms with Gasteiger partial charge < -0.3 is 16.2 Å². The SMILES string of the molecule is Nc1ccccc1-n1cc(NC2=CC(=O)N(CCO)C2=O)cn1. The van der Waals surface area contributed by atoms with Crippen LogP contribution in [0, 0.1) is 0 Å². The van der Waals surface area contributed by atoms with Crippen molar-refractivity contribution in [3.63, 3.8) is 0 Å². The lowest BCUT2D eigenvalue weighted by Crippen LogP contribution is -2.34. The molecule has 4 N–H and O–H groups in total. The van der Waals surface area contributed by atoms with Gasteiger partial charge in [-0.25, -0.2) is 4.68 Å². The van der Waals surface area contributed by atoms with Crippen molar-refractivity contribution in [2.24, 2.45) is 0 Å². The van der Waals surface area contributed by atoms with E-state index in [0.717, 1.165) is 4.90 Å². The number of anilines is 2. The number of hydrogen-bond donors (Lipinski definition) is 3. The van der Waals surface area contributed by atoms with Crippen LogP contribution >= 0.6 is 0 Å². The summed E-state index contributed by atoms with van der Waals surface area (Å²) < 4.78 is 1.57. The Morgan fingerprint density at radius 3 is 2.78 bits per heavy atom. The molecule has 0 bridgehead atoms. The van der Waals surface area contributed by atoms with E-state index in [9.17, 15) is 9.59 Å². The molecule has 1 aromatic carbocycles. The van der Waals surface area contributed by atoms with E-state index < -0.39 is 11.8 Å². The Hall–Kier alpha value is -3.13. The third-order valence-corrected chi connectivity index (χ3v) is 3.38. The number of β-amino-alcohol motifs (C(OH)–C–C–N with tert-alkyl or cyclic N) is 1. The number of nitrogens with one attached hydrogen (secondary N) is 1. The predicted molar refractivity (Wildman–Crippen MR) is 83.5 cm³/mol. The normalized spacial score (nSPS) is 14.3. The zero-order valence-electron chi connectivity index (χ0n) is 12.1. The Morgan fingerprint density at radius 2 is 2.04 bits per heavy atom. The van der Waals surface area contributed by atoms with Gasteiger partial charge in [0.2, 0.25) is 0 Å². The number of aliphatic hydroxyl groups is 1. The average Bonchev–Trinajstić information content (AvgIpc) is 3.09. The number of amides is 2. The number of aromatic nitrogens is 2. The van der Waals surface area contributed by atoms with Gasteiger partial charge in [-0.15, -0.1) is 0 Å². The Kier molecular flexibility index (Phi) is 3.82. The van der Waals surface area contributed by atoms with Crippen molar-refractivity contribution in [3.8, 4) is 5.69 Å². The monoisotopic (exact) mass is 313 g/mol. The molecule has 1 aromatic heterocycles. The van der Waals surface area contributed by atoms with E-state index in [0.29, 0.717) is 17.1 Å². The molecule has 2 amide bonds. The Bertz CT molecular complexity index is 796. The van der Waals surface area contributed by atoms with Gasteiger partial charge in [0.15, 0.2) is 0 Å². The van der Waals surface area contributed by atoms with Gasteiger partial charge in [0.1, 0.15) is 5.70 Å². The Labute approximate surface area is 131 Å². The molecule has 2 heterocycles. The molecule has 3 rings (SSSR count). The second-order valence-electron chi connectivity index (χ2n) is 4.93. The van der Waals surface area contributed by atoms with Crippen molar-refractivity contribution in [1.82, 2.24) is 14.7 Å². The maximum absolute atomic E-state index is 12.1. The predicted octanol–water partition coefficient (Wildman–Crippen LogP) is 0.111. The molecule has 118 valence electrons. The van der Waals surface area contributed by atoms with Gasteiger partial charge in [0.25, 0.3) is 11.8 Å². The topological polar surface area (TPSA) is 113 Å². The molecule has 0 unspecified atom stereocenters. The number of nitrogens with two attached hydrogens (primary N) is 1. The zero-order chi connectivity index (χ0) is 16.4. The van der Waals surface area contributed by atoms with Gasteiger partial charge in [-0.2, -0.15) is 5.10 Å². The van der Waals surface area contributed by atoms with Crippen molar-refractivity contribution in [3.05, 3.63) is 48.4 Å². The fourth-order valence-electron chi connectivity index (χ4n) is 2.28. The number of carbonyl (C=O) groups is 2. The van der Waals surface area contributed by atoms with E-state index in [1.807, 2.05) is 18.2 Å². The summed E-state index contributed by atoms with van der Waals surface area (Å²) in [6.07, 6.45) is 4.39. The van der Waals surface area contributed by atoms with Crippen LogP contribution in [0.4, 0.5) is 11.4 Å². The molecule has 8 nitrogen and oxygen atoms in total. The molecule has 0 saturated carbocycles. The molecule has 0 spiro atoms. The molecule has 0 saturated heterocycles. The first kappa shape index (κ1) is 14.8. The summed E-state index contributed by atoms with van der Waals surface area (Å²) in [4.78, 5) is 24.7. The van der Waals surface area contributed by atoms with Gasteiger partial charge in [-0.05, 0) is 12.1 Å². The molecule has 1 aliphatic heterocycles. The Morgan fingerprint density at radius 1 is 1.26 bits per heavy atom. The maximum Gasteiger partial charge on any atom is 0.277 e. The van der Waals surface area contributed by atoms with Crippen LogP contribution < -0.4 is 11.1 Å². The molecule has 0 radical (unpaired) electrons. The minimum absolute atomic E-state index is 0.0286. The summed E-state index contributed by atoms with van der Waals surface area (Å²) in [7, 11) is 0. The van der Waals surface area contributed by atoms with Crippen molar-refractivity contribution in [2.45, 2.75) is 0 Å². The number of nitrogen functional groups attached to an aromatic ring is 1. The zero-order valence-corrected chi connectivity index (χ0v) is 12.1. The number of rotatable bonds is 5. The van der Waals surface area contributed by atoms with Gasteiger partial charge in [0.05, 0.1) is 42.6 Å². The largest absolute Gasteiger partial charge is 0.397 e. The molecular formula is C15H15N5O3. The van der Waals surface area contributed by atoms with Crippen LogP contribution in [0.2, 0.25) is 0 Å². The highest BCUT2D eigenvalue weighted by molar-refractivity contribution is 6.17. The maximum atomic E-state index is 12.1. The summed E-state index contributed by atoms with van der Waals surface area (Å²) in [5.74, 6) is -0.928. The molecule has 23 heavy (non-hydrogen) atoms. The van der Waals surface area contributed by atoms with Gasteiger partial charge in [0, 0.05) is 6.08 Å². The fraction of sp³-hybridized carbons (Fsp3) is 0.133. The number of para-hydroxylation sites is 2. The van der Waals surface area contributed by atoms with E-state index in [1.54, 1.807) is 16.9 Å². The highest BCUT2D eigenvalue weighted by Gasteiger charge is 2.30. The highest BCUT2D eigenvalue weighted by atomic mass is 16.3. The first-order valence-electron chi connectivity index (χ1n) is 6.95. The van der Waals surface area contributed by atoms with Crippen molar-refractivity contribution >= 4 is 23.2 Å². The minimum atomic E-state index is -0.476. The second-order valence-corrected chi connectivity index (χ2v) is 4.93. The number of aliphatic hydroxyl groups excluding tert-OH is 1.